The van der Waals surface area contributed by atoms with Gasteiger partial charge in [0.05, 0.1) is 5.56 Å². The van der Waals surface area contributed by atoms with Gasteiger partial charge in [0.25, 0.3) is 5.91 Å². The van der Waals surface area contributed by atoms with Gasteiger partial charge in [0, 0.05) is 6.54 Å². The molecule has 0 bridgehead atoms. The molecule has 4 heteroatoms. The maximum Gasteiger partial charge on any atom is 0.257 e. The molecule has 0 unspecified atom stereocenters. The Hall–Kier alpha value is -2.02. The van der Waals surface area contributed by atoms with Gasteiger partial charge in [-0.3, -0.25) is 4.79 Å². The van der Waals surface area contributed by atoms with Crippen LogP contribution in [0.3, 0.4) is 0 Å². The molecule has 0 aliphatic heterocycles. The first-order chi connectivity index (χ1) is 9.29. The van der Waals surface area contributed by atoms with E-state index in [0.717, 1.165) is 6.54 Å². The summed E-state index contributed by atoms with van der Waals surface area (Å²) < 4.78 is 5.37. The monoisotopic (exact) mass is 258 g/mol. The van der Waals surface area contributed by atoms with Crippen LogP contribution in [-0.2, 0) is 4.79 Å². The molecule has 1 aliphatic carbocycles. The Labute approximate surface area is 113 Å². The van der Waals surface area contributed by atoms with E-state index >= 15 is 0 Å². The Morgan fingerprint density at radius 3 is 2.84 bits per heavy atom. The second-order valence-corrected chi connectivity index (χ2v) is 4.85. The van der Waals surface area contributed by atoms with E-state index in [1.54, 1.807) is 24.3 Å². The summed E-state index contributed by atoms with van der Waals surface area (Å²) in [7, 11) is 0. The maximum absolute atomic E-state index is 11.7. The first-order valence-corrected chi connectivity index (χ1v) is 6.68. The first kappa shape index (κ1) is 13.4. The van der Waals surface area contributed by atoms with E-state index in [0.29, 0.717) is 17.2 Å². The number of amides is 1. The maximum atomic E-state index is 11.7. The van der Waals surface area contributed by atoms with Gasteiger partial charge in [-0.1, -0.05) is 25.0 Å². The van der Waals surface area contributed by atoms with Gasteiger partial charge in [0.1, 0.15) is 11.8 Å². The molecule has 4 nitrogen and oxygen atoms in total. The van der Waals surface area contributed by atoms with Crippen LogP contribution in [0.4, 0.5) is 0 Å². The van der Waals surface area contributed by atoms with Crippen molar-refractivity contribution in [2.45, 2.75) is 25.7 Å². The van der Waals surface area contributed by atoms with Gasteiger partial charge >= 0.3 is 0 Å². The molecule has 1 aromatic carbocycles. The number of nitrogens with zero attached hydrogens (tertiary/aromatic N) is 1. The molecule has 1 aromatic rings. The SMILES string of the molecule is N#Cc1ccccc1OCC(=O)NCC1CCCC1. The lowest BCUT2D eigenvalue weighted by Crippen LogP contribution is -2.32. The average Bonchev–Trinajstić information content (AvgIpc) is 2.96. The summed E-state index contributed by atoms with van der Waals surface area (Å²) in [4.78, 5) is 11.7. The highest BCUT2D eigenvalue weighted by atomic mass is 16.5. The van der Waals surface area contributed by atoms with Gasteiger partial charge in [0.15, 0.2) is 6.61 Å². The molecule has 1 amide bonds. The highest BCUT2D eigenvalue weighted by Gasteiger charge is 2.15. The van der Waals surface area contributed by atoms with Gasteiger partial charge in [-0.25, -0.2) is 0 Å². The van der Waals surface area contributed by atoms with Crippen molar-refractivity contribution in [1.29, 1.82) is 5.26 Å². The fourth-order valence-electron chi connectivity index (χ4n) is 2.35. The smallest absolute Gasteiger partial charge is 0.257 e. The van der Waals surface area contributed by atoms with Crippen molar-refractivity contribution in [3.8, 4) is 11.8 Å². The lowest BCUT2D eigenvalue weighted by Gasteiger charge is -2.11. The Morgan fingerprint density at radius 2 is 2.11 bits per heavy atom. The van der Waals surface area contributed by atoms with Gasteiger partial charge in [0.2, 0.25) is 0 Å². The molecule has 0 spiro atoms. The Morgan fingerprint density at radius 1 is 1.37 bits per heavy atom. The van der Waals surface area contributed by atoms with E-state index in [1.165, 1.54) is 25.7 Å². The van der Waals surface area contributed by atoms with E-state index in [9.17, 15) is 4.79 Å². The highest BCUT2D eigenvalue weighted by molar-refractivity contribution is 5.77. The lowest BCUT2D eigenvalue weighted by atomic mass is 10.1. The summed E-state index contributed by atoms with van der Waals surface area (Å²) in [5.41, 5.74) is 0.450. The van der Waals surface area contributed by atoms with Crippen molar-refractivity contribution in [3.05, 3.63) is 29.8 Å². The molecule has 100 valence electrons. The fourth-order valence-corrected chi connectivity index (χ4v) is 2.35. The van der Waals surface area contributed by atoms with Gasteiger partial charge < -0.3 is 10.1 Å². The fraction of sp³-hybridized carbons (Fsp3) is 0.467. The van der Waals surface area contributed by atoms with Crippen LogP contribution in [-0.4, -0.2) is 19.1 Å². The van der Waals surface area contributed by atoms with Crippen LogP contribution >= 0.6 is 0 Å². The van der Waals surface area contributed by atoms with E-state index in [-0.39, 0.29) is 12.5 Å². The van der Waals surface area contributed by atoms with Crippen molar-refractivity contribution in [2.24, 2.45) is 5.92 Å². The molecule has 0 aromatic heterocycles. The third-order valence-corrected chi connectivity index (χ3v) is 3.43. The summed E-state index contributed by atoms with van der Waals surface area (Å²) in [6, 6.07) is 8.96. The minimum absolute atomic E-state index is 0.0363. The number of hydrogen-bond acceptors (Lipinski definition) is 3. The number of benzene rings is 1. The normalized spacial score (nSPS) is 14.9. The minimum Gasteiger partial charge on any atom is -0.482 e. The number of nitriles is 1. The predicted octanol–water partition coefficient (Wildman–Crippen LogP) is 2.24. The van der Waals surface area contributed by atoms with Gasteiger partial charge in [-0.2, -0.15) is 5.26 Å². The Bertz CT molecular complexity index is 473. The third-order valence-electron chi connectivity index (χ3n) is 3.43. The van der Waals surface area contributed by atoms with Crippen molar-refractivity contribution < 1.29 is 9.53 Å². The summed E-state index contributed by atoms with van der Waals surface area (Å²) in [6.45, 7) is 0.702. The number of carbonyl (C=O) groups excluding carboxylic acids is 1. The zero-order valence-electron chi connectivity index (χ0n) is 10.9. The Balaban J connectivity index is 1.75. The van der Waals surface area contributed by atoms with Crippen LogP contribution in [0.15, 0.2) is 24.3 Å². The van der Waals surface area contributed by atoms with Crippen molar-refractivity contribution in [1.82, 2.24) is 5.32 Å². The second-order valence-electron chi connectivity index (χ2n) is 4.85. The molecular weight excluding hydrogens is 240 g/mol. The predicted molar refractivity (Wildman–Crippen MR) is 71.6 cm³/mol. The van der Waals surface area contributed by atoms with Crippen molar-refractivity contribution in [3.63, 3.8) is 0 Å². The summed E-state index contributed by atoms with van der Waals surface area (Å²) in [6.07, 6.45) is 4.95. The summed E-state index contributed by atoms with van der Waals surface area (Å²) >= 11 is 0. The molecule has 1 saturated carbocycles. The standard InChI is InChI=1S/C15H18N2O2/c16-9-13-7-3-4-8-14(13)19-11-15(18)17-10-12-5-1-2-6-12/h3-4,7-8,12H,1-2,5-6,10-11H2,(H,17,18). The van der Waals surface area contributed by atoms with Crippen molar-refractivity contribution in [2.75, 3.05) is 13.2 Å². The van der Waals surface area contributed by atoms with Gasteiger partial charge in [-0.15, -0.1) is 0 Å². The zero-order chi connectivity index (χ0) is 13.5. The van der Waals surface area contributed by atoms with E-state index in [4.69, 9.17) is 10.00 Å². The molecule has 0 radical (unpaired) electrons. The number of carbonyl (C=O) groups is 1. The molecule has 1 aliphatic rings. The first-order valence-electron chi connectivity index (χ1n) is 6.68. The number of rotatable bonds is 5. The average molecular weight is 258 g/mol. The van der Waals surface area contributed by atoms with Crippen LogP contribution in [0.2, 0.25) is 0 Å². The van der Waals surface area contributed by atoms with Crippen LogP contribution in [0.1, 0.15) is 31.2 Å². The quantitative estimate of drug-likeness (QED) is 0.881. The molecule has 19 heavy (non-hydrogen) atoms. The number of para-hydroxylation sites is 1. The topological polar surface area (TPSA) is 62.1 Å². The van der Waals surface area contributed by atoms with E-state index in [1.807, 2.05) is 6.07 Å². The van der Waals surface area contributed by atoms with Crippen LogP contribution in [0, 0.1) is 17.2 Å². The molecule has 1 fully saturated rings. The minimum atomic E-state index is -0.125. The highest BCUT2D eigenvalue weighted by Crippen LogP contribution is 2.23. The number of ether oxygens (including phenoxy) is 1. The largest absolute Gasteiger partial charge is 0.482 e. The molecule has 2 rings (SSSR count). The number of nitrogens with one attached hydrogen (secondary N) is 1. The van der Waals surface area contributed by atoms with Crippen LogP contribution < -0.4 is 10.1 Å². The molecular formula is C15H18N2O2. The second kappa shape index (κ2) is 6.79. The van der Waals surface area contributed by atoms with E-state index < -0.39 is 0 Å². The molecule has 0 atom stereocenters. The number of hydrogen-bond donors (Lipinski definition) is 1. The van der Waals surface area contributed by atoms with Crippen molar-refractivity contribution >= 4 is 5.91 Å². The molecule has 0 saturated heterocycles. The third kappa shape index (κ3) is 3.99. The van der Waals surface area contributed by atoms with Crippen LogP contribution in [0.25, 0.3) is 0 Å². The summed E-state index contributed by atoms with van der Waals surface area (Å²) in [5, 5.41) is 11.8. The zero-order valence-corrected chi connectivity index (χ0v) is 10.9. The molecule has 1 N–H and O–H groups in total. The van der Waals surface area contributed by atoms with Gasteiger partial charge in [-0.05, 0) is 30.9 Å². The van der Waals surface area contributed by atoms with Crippen LogP contribution in [0.5, 0.6) is 5.75 Å². The van der Waals surface area contributed by atoms with E-state index in [2.05, 4.69) is 5.32 Å². The molecule has 0 heterocycles. The summed E-state index contributed by atoms with van der Waals surface area (Å²) in [5.74, 6) is 0.955. The Kier molecular flexibility index (Phi) is 4.79. The lowest BCUT2D eigenvalue weighted by molar-refractivity contribution is -0.123.